The predicted molar refractivity (Wildman–Crippen MR) is 74.6 cm³/mol. The minimum absolute atomic E-state index is 0.0525. The van der Waals surface area contributed by atoms with Crippen molar-refractivity contribution in [2.24, 2.45) is 0 Å². The van der Waals surface area contributed by atoms with Crippen LogP contribution in [0.15, 0.2) is 22.7 Å². The lowest BCUT2D eigenvalue weighted by molar-refractivity contribution is -0.120. The van der Waals surface area contributed by atoms with Gasteiger partial charge in [-0.3, -0.25) is 4.79 Å². The molecule has 104 valence electrons. The molecule has 0 aliphatic carbocycles. The molecule has 2 N–H and O–H groups in total. The van der Waals surface area contributed by atoms with Gasteiger partial charge < -0.3 is 15.4 Å². The lowest BCUT2D eigenvalue weighted by atomic mass is 10.1. The van der Waals surface area contributed by atoms with E-state index in [-0.39, 0.29) is 24.3 Å². The molecule has 4 nitrogen and oxygen atoms in total. The molecular weight excluding hydrogens is 315 g/mol. The van der Waals surface area contributed by atoms with Crippen molar-refractivity contribution < 1.29 is 13.9 Å². The first-order valence-electron chi connectivity index (χ1n) is 6.22. The number of rotatable bonds is 4. The van der Waals surface area contributed by atoms with Gasteiger partial charge in [0.15, 0.2) is 0 Å². The molecule has 0 radical (unpaired) electrons. The Morgan fingerprint density at radius 3 is 2.84 bits per heavy atom. The Labute approximate surface area is 119 Å². The van der Waals surface area contributed by atoms with E-state index in [1.807, 2.05) is 0 Å². The van der Waals surface area contributed by atoms with Gasteiger partial charge in [0.2, 0.25) is 5.91 Å². The molecule has 0 saturated carbocycles. The van der Waals surface area contributed by atoms with Gasteiger partial charge in [-0.2, -0.15) is 0 Å². The maximum absolute atomic E-state index is 13.5. The van der Waals surface area contributed by atoms with Gasteiger partial charge >= 0.3 is 0 Å². The van der Waals surface area contributed by atoms with Crippen LogP contribution in [0, 0.1) is 5.82 Å². The molecule has 1 aromatic rings. The van der Waals surface area contributed by atoms with Gasteiger partial charge in [0.25, 0.3) is 0 Å². The Morgan fingerprint density at radius 1 is 1.42 bits per heavy atom. The van der Waals surface area contributed by atoms with Crippen molar-refractivity contribution in [2.75, 3.05) is 25.1 Å². The third-order valence-electron chi connectivity index (χ3n) is 2.97. The lowest BCUT2D eigenvalue weighted by Gasteiger charge is -2.23. The third-order valence-corrected chi connectivity index (χ3v) is 3.64. The molecule has 1 aromatic carbocycles. The molecule has 1 aliphatic rings. The van der Waals surface area contributed by atoms with Crippen LogP contribution in [-0.4, -0.2) is 31.7 Å². The van der Waals surface area contributed by atoms with E-state index in [4.69, 9.17) is 4.74 Å². The first-order valence-corrected chi connectivity index (χ1v) is 7.01. The lowest BCUT2D eigenvalue weighted by Crippen LogP contribution is -2.41. The summed E-state index contributed by atoms with van der Waals surface area (Å²) in [7, 11) is 0. The molecule has 1 fully saturated rings. The molecular formula is C13H16BrFN2O2. The number of halogens is 2. The summed E-state index contributed by atoms with van der Waals surface area (Å²) < 4.78 is 19.3. The molecule has 19 heavy (non-hydrogen) atoms. The highest BCUT2D eigenvalue weighted by atomic mass is 79.9. The van der Waals surface area contributed by atoms with E-state index < -0.39 is 0 Å². The van der Waals surface area contributed by atoms with Gasteiger partial charge in [-0.25, -0.2) is 4.39 Å². The Hall–Kier alpha value is -1.14. The average Bonchev–Trinajstić information content (AvgIpc) is 2.39. The maximum atomic E-state index is 13.5. The van der Waals surface area contributed by atoms with Gasteiger partial charge in [0, 0.05) is 23.7 Å². The number of anilines is 1. The largest absolute Gasteiger partial charge is 0.381 e. The van der Waals surface area contributed by atoms with Crippen LogP contribution < -0.4 is 10.6 Å². The molecule has 0 unspecified atom stereocenters. The first kappa shape index (κ1) is 14.3. The van der Waals surface area contributed by atoms with Crippen molar-refractivity contribution in [1.29, 1.82) is 0 Å². The minimum Gasteiger partial charge on any atom is -0.381 e. The zero-order valence-corrected chi connectivity index (χ0v) is 12.0. The normalized spacial score (nSPS) is 16.1. The van der Waals surface area contributed by atoms with Gasteiger partial charge in [-0.05, 0) is 40.9 Å². The molecule has 6 heteroatoms. The number of hydrogen-bond donors (Lipinski definition) is 2. The van der Waals surface area contributed by atoms with Gasteiger partial charge in [0.1, 0.15) is 5.82 Å². The minimum atomic E-state index is -0.381. The second kappa shape index (κ2) is 6.86. The van der Waals surface area contributed by atoms with Gasteiger partial charge in [-0.1, -0.05) is 6.07 Å². The average molecular weight is 331 g/mol. The van der Waals surface area contributed by atoms with E-state index in [9.17, 15) is 9.18 Å². The topological polar surface area (TPSA) is 50.4 Å². The van der Waals surface area contributed by atoms with E-state index in [1.54, 1.807) is 12.1 Å². The zero-order chi connectivity index (χ0) is 13.7. The van der Waals surface area contributed by atoms with Crippen molar-refractivity contribution in [1.82, 2.24) is 5.32 Å². The van der Waals surface area contributed by atoms with Crippen LogP contribution >= 0.6 is 15.9 Å². The van der Waals surface area contributed by atoms with Crippen LogP contribution in [0.1, 0.15) is 12.8 Å². The molecule has 1 amide bonds. The number of hydrogen-bond acceptors (Lipinski definition) is 3. The number of benzene rings is 1. The summed E-state index contributed by atoms with van der Waals surface area (Å²) in [4.78, 5) is 11.8. The highest BCUT2D eigenvalue weighted by molar-refractivity contribution is 9.10. The van der Waals surface area contributed by atoms with Crippen molar-refractivity contribution >= 4 is 27.5 Å². The summed E-state index contributed by atoms with van der Waals surface area (Å²) in [5.41, 5.74) is 0.310. The SMILES string of the molecule is O=C(CNc1c(F)cccc1Br)NC1CCOCC1. The Kier molecular flexibility index (Phi) is 5.15. The Balaban J connectivity index is 1.83. The molecule has 0 bridgehead atoms. The quantitative estimate of drug-likeness (QED) is 0.890. The summed E-state index contributed by atoms with van der Waals surface area (Å²) in [5.74, 6) is -0.518. The zero-order valence-electron chi connectivity index (χ0n) is 10.4. The fourth-order valence-electron chi connectivity index (χ4n) is 1.96. The summed E-state index contributed by atoms with van der Waals surface area (Å²) in [6, 6.07) is 4.84. The summed E-state index contributed by atoms with van der Waals surface area (Å²) in [6.07, 6.45) is 1.66. The van der Waals surface area contributed by atoms with E-state index in [0.717, 1.165) is 12.8 Å². The van der Waals surface area contributed by atoms with Crippen LogP contribution in [0.25, 0.3) is 0 Å². The first-order chi connectivity index (χ1) is 9.16. The molecule has 0 atom stereocenters. The monoisotopic (exact) mass is 330 g/mol. The number of para-hydroxylation sites is 1. The fraction of sp³-hybridized carbons (Fsp3) is 0.462. The number of ether oxygens (including phenoxy) is 1. The number of carbonyl (C=O) groups excluding carboxylic acids is 1. The van der Waals surface area contributed by atoms with E-state index in [2.05, 4.69) is 26.6 Å². The van der Waals surface area contributed by atoms with Crippen molar-refractivity contribution in [3.05, 3.63) is 28.5 Å². The number of carbonyl (C=O) groups is 1. The van der Waals surface area contributed by atoms with E-state index >= 15 is 0 Å². The van der Waals surface area contributed by atoms with Crippen LogP contribution in [0.4, 0.5) is 10.1 Å². The molecule has 0 aromatic heterocycles. The van der Waals surface area contributed by atoms with Crippen molar-refractivity contribution in [3.63, 3.8) is 0 Å². The molecule has 2 rings (SSSR count). The van der Waals surface area contributed by atoms with Crippen LogP contribution in [0.3, 0.4) is 0 Å². The smallest absolute Gasteiger partial charge is 0.239 e. The van der Waals surface area contributed by atoms with Crippen LogP contribution in [-0.2, 0) is 9.53 Å². The molecule has 1 aliphatic heterocycles. The standard InChI is InChI=1S/C13H16BrFN2O2/c14-10-2-1-3-11(15)13(10)16-8-12(18)17-9-4-6-19-7-5-9/h1-3,9,16H,4-8H2,(H,17,18). The Bertz CT molecular complexity index is 430. The second-order valence-corrected chi connectivity index (χ2v) is 5.26. The van der Waals surface area contributed by atoms with E-state index in [1.165, 1.54) is 6.07 Å². The van der Waals surface area contributed by atoms with Crippen LogP contribution in [0.5, 0.6) is 0 Å². The number of amides is 1. The molecule has 1 heterocycles. The molecule has 1 saturated heterocycles. The molecule has 0 spiro atoms. The van der Waals surface area contributed by atoms with Crippen molar-refractivity contribution in [3.8, 4) is 0 Å². The Morgan fingerprint density at radius 2 is 2.16 bits per heavy atom. The summed E-state index contributed by atoms with van der Waals surface area (Å²) >= 11 is 3.25. The maximum Gasteiger partial charge on any atom is 0.239 e. The third kappa shape index (κ3) is 4.18. The van der Waals surface area contributed by atoms with Crippen molar-refractivity contribution in [2.45, 2.75) is 18.9 Å². The number of nitrogens with one attached hydrogen (secondary N) is 2. The highest BCUT2D eigenvalue weighted by Crippen LogP contribution is 2.24. The van der Waals surface area contributed by atoms with Gasteiger partial charge in [0.05, 0.1) is 12.2 Å². The van der Waals surface area contributed by atoms with E-state index in [0.29, 0.717) is 23.4 Å². The second-order valence-electron chi connectivity index (χ2n) is 4.40. The van der Waals surface area contributed by atoms with Gasteiger partial charge in [-0.15, -0.1) is 0 Å². The highest BCUT2D eigenvalue weighted by Gasteiger charge is 2.16. The predicted octanol–water partition coefficient (Wildman–Crippen LogP) is 2.30. The summed E-state index contributed by atoms with van der Waals surface area (Å²) in [5, 5.41) is 5.71. The van der Waals surface area contributed by atoms with Crippen LogP contribution in [0.2, 0.25) is 0 Å². The summed E-state index contributed by atoms with van der Waals surface area (Å²) in [6.45, 7) is 1.41. The fourth-order valence-corrected chi connectivity index (χ4v) is 2.44.